The molecule has 102 valence electrons. The third-order valence-corrected chi connectivity index (χ3v) is 3.74. The monoisotopic (exact) mass is 269 g/mol. The summed E-state index contributed by atoms with van der Waals surface area (Å²) in [7, 11) is 0. The maximum atomic E-state index is 11.9. The summed E-state index contributed by atoms with van der Waals surface area (Å²) in [6.45, 7) is 7.25. The first-order chi connectivity index (χ1) is 8.52. The average Bonchev–Trinajstić information content (AvgIpc) is 2.71. The summed E-state index contributed by atoms with van der Waals surface area (Å²) >= 11 is 1.64. The van der Waals surface area contributed by atoms with Crippen LogP contribution in [0.4, 0.5) is 0 Å². The van der Waals surface area contributed by atoms with Gasteiger partial charge in [-0.15, -0.1) is 11.3 Å². The van der Waals surface area contributed by atoms with Crippen LogP contribution in [0.2, 0.25) is 0 Å². The number of hydrogen-bond acceptors (Lipinski definition) is 4. The quantitative estimate of drug-likeness (QED) is 0.792. The van der Waals surface area contributed by atoms with Crippen molar-refractivity contribution in [1.29, 1.82) is 0 Å². The van der Waals surface area contributed by atoms with Crippen molar-refractivity contribution in [1.82, 2.24) is 10.3 Å². The van der Waals surface area contributed by atoms with Crippen molar-refractivity contribution in [3.8, 4) is 0 Å². The highest BCUT2D eigenvalue weighted by Gasteiger charge is 2.17. The lowest BCUT2D eigenvalue weighted by molar-refractivity contribution is -0.125. The molecule has 1 aromatic heterocycles. The predicted octanol–water partition coefficient (Wildman–Crippen LogP) is 1.73. The molecule has 0 radical (unpaired) electrons. The van der Waals surface area contributed by atoms with Crippen molar-refractivity contribution in [2.24, 2.45) is 17.6 Å². The van der Waals surface area contributed by atoms with E-state index in [1.165, 1.54) is 0 Å². The molecule has 1 unspecified atom stereocenters. The van der Waals surface area contributed by atoms with Gasteiger partial charge in [0.15, 0.2) is 0 Å². The van der Waals surface area contributed by atoms with Gasteiger partial charge in [0.05, 0.1) is 10.9 Å². The number of nitrogens with two attached hydrogens (primary N) is 1. The van der Waals surface area contributed by atoms with Crippen LogP contribution in [0.15, 0.2) is 5.38 Å². The molecule has 0 saturated heterocycles. The second-order valence-corrected chi connectivity index (χ2v) is 5.93. The fourth-order valence-corrected chi connectivity index (χ4v) is 2.61. The first-order valence-corrected chi connectivity index (χ1v) is 7.29. The SMILES string of the molecule is Cc1csc(CCNC(=O)C(CN)CC(C)C)n1. The molecular formula is C13H23N3OS. The fourth-order valence-electron chi connectivity index (χ4n) is 1.83. The van der Waals surface area contributed by atoms with Gasteiger partial charge in [0.2, 0.25) is 5.91 Å². The lowest BCUT2D eigenvalue weighted by Crippen LogP contribution is -2.36. The summed E-state index contributed by atoms with van der Waals surface area (Å²) in [5.41, 5.74) is 6.68. The number of rotatable bonds is 7. The molecule has 5 heteroatoms. The molecule has 0 bridgehead atoms. The largest absolute Gasteiger partial charge is 0.355 e. The van der Waals surface area contributed by atoms with Crippen molar-refractivity contribution in [2.75, 3.05) is 13.1 Å². The molecule has 0 saturated carbocycles. The Morgan fingerprint density at radius 1 is 1.56 bits per heavy atom. The van der Waals surface area contributed by atoms with Crippen molar-refractivity contribution in [3.63, 3.8) is 0 Å². The van der Waals surface area contributed by atoms with E-state index < -0.39 is 0 Å². The number of hydrogen-bond donors (Lipinski definition) is 2. The first-order valence-electron chi connectivity index (χ1n) is 6.41. The van der Waals surface area contributed by atoms with E-state index in [9.17, 15) is 4.79 Å². The summed E-state index contributed by atoms with van der Waals surface area (Å²) < 4.78 is 0. The molecule has 0 spiro atoms. The van der Waals surface area contributed by atoms with E-state index in [2.05, 4.69) is 24.1 Å². The molecule has 1 atom stereocenters. The normalized spacial score (nSPS) is 12.7. The third kappa shape index (κ3) is 5.14. The van der Waals surface area contributed by atoms with Crippen LogP contribution in [-0.2, 0) is 11.2 Å². The minimum Gasteiger partial charge on any atom is -0.355 e. The van der Waals surface area contributed by atoms with Gasteiger partial charge in [0, 0.05) is 30.6 Å². The predicted molar refractivity (Wildman–Crippen MR) is 75.6 cm³/mol. The van der Waals surface area contributed by atoms with Gasteiger partial charge in [-0.2, -0.15) is 0 Å². The Labute approximate surface area is 113 Å². The number of nitrogens with one attached hydrogen (secondary N) is 1. The molecular weight excluding hydrogens is 246 g/mol. The molecule has 18 heavy (non-hydrogen) atoms. The van der Waals surface area contributed by atoms with E-state index in [0.29, 0.717) is 19.0 Å². The minimum atomic E-state index is -0.0666. The molecule has 1 heterocycles. The van der Waals surface area contributed by atoms with Crippen molar-refractivity contribution < 1.29 is 4.79 Å². The maximum absolute atomic E-state index is 11.9. The van der Waals surface area contributed by atoms with Crippen LogP contribution in [-0.4, -0.2) is 24.0 Å². The van der Waals surface area contributed by atoms with Gasteiger partial charge < -0.3 is 11.1 Å². The maximum Gasteiger partial charge on any atom is 0.224 e. The van der Waals surface area contributed by atoms with Crippen LogP contribution < -0.4 is 11.1 Å². The van der Waals surface area contributed by atoms with Crippen LogP contribution in [0.1, 0.15) is 31.0 Å². The number of amides is 1. The van der Waals surface area contributed by atoms with Gasteiger partial charge in [-0.25, -0.2) is 4.98 Å². The first kappa shape index (κ1) is 15.1. The summed E-state index contributed by atoms with van der Waals surface area (Å²) in [5, 5.41) is 6.04. The highest BCUT2D eigenvalue weighted by atomic mass is 32.1. The fraction of sp³-hybridized carbons (Fsp3) is 0.692. The van der Waals surface area contributed by atoms with Crippen molar-refractivity contribution in [3.05, 3.63) is 16.1 Å². The summed E-state index contributed by atoms with van der Waals surface area (Å²) in [6.07, 6.45) is 1.64. The number of carbonyl (C=O) groups is 1. The van der Waals surface area contributed by atoms with E-state index in [1.54, 1.807) is 11.3 Å². The van der Waals surface area contributed by atoms with E-state index in [-0.39, 0.29) is 11.8 Å². The van der Waals surface area contributed by atoms with Gasteiger partial charge >= 0.3 is 0 Å². The van der Waals surface area contributed by atoms with Gasteiger partial charge in [-0.05, 0) is 19.3 Å². The Kier molecular flexibility index (Phi) is 6.29. The van der Waals surface area contributed by atoms with Crippen molar-refractivity contribution in [2.45, 2.75) is 33.6 Å². The Bertz CT molecular complexity index is 376. The van der Waals surface area contributed by atoms with Crippen LogP contribution in [0.25, 0.3) is 0 Å². The van der Waals surface area contributed by atoms with Crippen LogP contribution in [0.5, 0.6) is 0 Å². The second kappa shape index (κ2) is 7.48. The molecule has 1 aromatic rings. The molecule has 0 aliphatic carbocycles. The number of carbonyl (C=O) groups excluding carboxylic acids is 1. The number of aromatic nitrogens is 1. The van der Waals surface area contributed by atoms with E-state index in [1.807, 2.05) is 12.3 Å². The van der Waals surface area contributed by atoms with E-state index >= 15 is 0 Å². The van der Waals surface area contributed by atoms with Crippen LogP contribution in [0, 0.1) is 18.8 Å². The minimum absolute atomic E-state index is 0.0666. The molecule has 4 nitrogen and oxygen atoms in total. The van der Waals surface area contributed by atoms with Crippen LogP contribution >= 0.6 is 11.3 Å². The average molecular weight is 269 g/mol. The van der Waals surface area contributed by atoms with Gasteiger partial charge in [0.1, 0.15) is 0 Å². The van der Waals surface area contributed by atoms with Crippen LogP contribution in [0.3, 0.4) is 0 Å². The molecule has 0 aliphatic rings. The summed E-state index contributed by atoms with van der Waals surface area (Å²) in [6, 6.07) is 0. The number of thiazole rings is 1. The highest BCUT2D eigenvalue weighted by molar-refractivity contribution is 7.09. The lowest BCUT2D eigenvalue weighted by Gasteiger charge is -2.16. The topological polar surface area (TPSA) is 68.0 Å². The zero-order chi connectivity index (χ0) is 13.5. The summed E-state index contributed by atoms with van der Waals surface area (Å²) in [5.74, 6) is 0.494. The molecule has 1 rings (SSSR count). The van der Waals surface area contributed by atoms with Gasteiger partial charge in [0.25, 0.3) is 0 Å². The standard InChI is InChI=1S/C13H23N3OS/c1-9(2)6-11(7-14)13(17)15-5-4-12-16-10(3)8-18-12/h8-9,11H,4-7,14H2,1-3H3,(H,15,17). The Morgan fingerprint density at radius 3 is 2.78 bits per heavy atom. The smallest absolute Gasteiger partial charge is 0.224 e. The van der Waals surface area contributed by atoms with E-state index in [4.69, 9.17) is 5.73 Å². The summed E-state index contributed by atoms with van der Waals surface area (Å²) in [4.78, 5) is 16.3. The molecule has 0 fully saturated rings. The van der Waals surface area contributed by atoms with Gasteiger partial charge in [-0.1, -0.05) is 13.8 Å². The Hall–Kier alpha value is -0.940. The Balaban J connectivity index is 2.31. The zero-order valence-corrected chi connectivity index (χ0v) is 12.2. The van der Waals surface area contributed by atoms with Crippen molar-refractivity contribution >= 4 is 17.2 Å². The zero-order valence-electron chi connectivity index (χ0n) is 11.4. The Morgan fingerprint density at radius 2 is 2.28 bits per heavy atom. The molecule has 0 aromatic carbocycles. The number of nitrogens with zero attached hydrogens (tertiary/aromatic N) is 1. The third-order valence-electron chi connectivity index (χ3n) is 2.72. The second-order valence-electron chi connectivity index (χ2n) is 4.99. The number of aryl methyl sites for hydroxylation is 1. The van der Waals surface area contributed by atoms with Gasteiger partial charge in [-0.3, -0.25) is 4.79 Å². The molecule has 0 aliphatic heterocycles. The molecule has 1 amide bonds. The highest BCUT2D eigenvalue weighted by Crippen LogP contribution is 2.11. The molecule has 3 N–H and O–H groups in total. The lowest BCUT2D eigenvalue weighted by atomic mass is 9.96. The van der Waals surface area contributed by atoms with E-state index in [0.717, 1.165) is 23.5 Å².